The molecule has 1 N–H and O–H groups in total. The number of carbonyl (C=O) groups excluding carboxylic acids is 1. The van der Waals surface area contributed by atoms with E-state index in [1.165, 1.54) is 0 Å². The molecule has 0 atom stereocenters. The van der Waals surface area contributed by atoms with E-state index in [4.69, 9.17) is 4.74 Å². The van der Waals surface area contributed by atoms with Crippen molar-refractivity contribution in [1.82, 2.24) is 19.8 Å². The molecule has 1 saturated heterocycles. The van der Waals surface area contributed by atoms with E-state index in [0.717, 1.165) is 45.1 Å². The summed E-state index contributed by atoms with van der Waals surface area (Å²) in [7, 11) is 1.88. The number of nitrogens with one attached hydrogen (secondary N) is 1. The Hall–Kier alpha value is -1.40. The number of carbonyl (C=O) groups is 1. The Balaban J connectivity index is 1.78. The van der Waals surface area contributed by atoms with Gasteiger partial charge in [0.05, 0.1) is 19.4 Å². The van der Waals surface area contributed by atoms with Crippen LogP contribution in [-0.4, -0.2) is 59.8 Å². The van der Waals surface area contributed by atoms with Crippen LogP contribution in [0.2, 0.25) is 0 Å². The standard InChI is InChI=1S/C13H22N4O2/c1-3-12-15-10-11(16(12)2)13(18)14-4-5-17-6-8-19-9-7-17/h10H,3-9H2,1-2H3,(H,14,18). The van der Waals surface area contributed by atoms with Gasteiger partial charge in [0.2, 0.25) is 0 Å². The molecule has 0 radical (unpaired) electrons. The van der Waals surface area contributed by atoms with Crippen LogP contribution < -0.4 is 5.32 Å². The van der Waals surface area contributed by atoms with E-state index in [1.807, 2.05) is 18.5 Å². The number of rotatable bonds is 5. The number of amides is 1. The highest BCUT2D eigenvalue weighted by molar-refractivity contribution is 5.92. The van der Waals surface area contributed by atoms with Crippen molar-refractivity contribution < 1.29 is 9.53 Å². The minimum absolute atomic E-state index is 0.0528. The molecule has 6 nitrogen and oxygen atoms in total. The van der Waals surface area contributed by atoms with Crippen LogP contribution >= 0.6 is 0 Å². The number of ether oxygens (including phenoxy) is 1. The molecule has 2 rings (SSSR count). The number of morpholine rings is 1. The van der Waals surface area contributed by atoms with Gasteiger partial charge in [0.1, 0.15) is 11.5 Å². The summed E-state index contributed by atoms with van der Waals surface area (Å²) in [4.78, 5) is 18.5. The molecule has 1 amide bonds. The van der Waals surface area contributed by atoms with Gasteiger partial charge >= 0.3 is 0 Å². The minimum atomic E-state index is -0.0528. The molecule has 1 aliphatic heterocycles. The number of hydrogen-bond donors (Lipinski definition) is 1. The van der Waals surface area contributed by atoms with Crippen LogP contribution in [0.4, 0.5) is 0 Å². The molecule has 1 aliphatic rings. The maximum absolute atomic E-state index is 12.0. The fraction of sp³-hybridized carbons (Fsp3) is 0.692. The van der Waals surface area contributed by atoms with Crippen LogP contribution in [0.1, 0.15) is 23.2 Å². The van der Waals surface area contributed by atoms with Crippen molar-refractivity contribution in [2.45, 2.75) is 13.3 Å². The molecule has 6 heteroatoms. The molecule has 1 aromatic rings. The van der Waals surface area contributed by atoms with Gasteiger partial charge in [-0.2, -0.15) is 0 Å². The summed E-state index contributed by atoms with van der Waals surface area (Å²) in [5.74, 6) is 0.876. The van der Waals surface area contributed by atoms with Gasteiger partial charge in [0.15, 0.2) is 0 Å². The molecule has 0 bridgehead atoms. The summed E-state index contributed by atoms with van der Waals surface area (Å²) < 4.78 is 7.14. The minimum Gasteiger partial charge on any atom is -0.379 e. The predicted molar refractivity (Wildman–Crippen MR) is 72.2 cm³/mol. The maximum Gasteiger partial charge on any atom is 0.269 e. The Morgan fingerprint density at radius 1 is 1.47 bits per heavy atom. The third-order valence-corrected chi connectivity index (χ3v) is 3.45. The zero-order chi connectivity index (χ0) is 13.7. The van der Waals surface area contributed by atoms with Gasteiger partial charge in [0, 0.05) is 39.6 Å². The van der Waals surface area contributed by atoms with Crippen LogP contribution in [0.25, 0.3) is 0 Å². The number of nitrogens with zero attached hydrogens (tertiary/aromatic N) is 3. The van der Waals surface area contributed by atoms with E-state index in [1.54, 1.807) is 6.20 Å². The summed E-state index contributed by atoms with van der Waals surface area (Å²) in [5.41, 5.74) is 0.624. The second-order valence-electron chi connectivity index (χ2n) is 4.68. The van der Waals surface area contributed by atoms with Crippen LogP contribution in [0.3, 0.4) is 0 Å². The highest BCUT2D eigenvalue weighted by atomic mass is 16.5. The van der Waals surface area contributed by atoms with Crippen molar-refractivity contribution >= 4 is 5.91 Å². The van der Waals surface area contributed by atoms with Crippen LogP contribution in [0, 0.1) is 0 Å². The number of aromatic nitrogens is 2. The lowest BCUT2D eigenvalue weighted by atomic mass is 10.4. The Morgan fingerprint density at radius 2 is 2.21 bits per heavy atom. The smallest absolute Gasteiger partial charge is 0.269 e. The molecule has 19 heavy (non-hydrogen) atoms. The van der Waals surface area contributed by atoms with E-state index in [-0.39, 0.29) is 5.91 Å². The Labute approximate surface area is 113 Å². The van der Waals surface area contributed by atoms with Crippen molar-refractivity contribution in [2.24, 2.45) is 7.05 Å². The summed E-state index contributed by atoms with van der Waals surface area (Å²) in [6.07, 6.45) is 2.47. The van der Waals surface area contributed by atoms with Crippen LogP contribution in [0.15, 0.2) is 6.20 Å². The summed E-state index contributed by atoms with van der Waals surface area (Å²) >= 11 is 0. The fourth-order valence-electron chi connectivity index (χ4n) is 2.23. The zero-order valence-corrected chi connectivity index (χ0v) is 11.7. The number of aryl methyl sites for hydroxylation is 1. The van der Waals surface area contributed by atoms with Crippen LogP contribution in [0.5, 0.6) is 0 Å². The van der Waals surface area contributed by atoms with Gasteiger partial charge in [-0.3, -0.25) is 9.69 Å². The van der Waals surface area contributed by atoms with E-state index < -0.39 is 0 Å². The Bertz CT molecular complexity index is 424. The molecule has 0 saturated carbocycles. The largest absolute Gasteiger partial charge is 0.379 e. The van der Waals surface area contributed by atoms with Crippen molar-refractivity contribution in [3.8, 4) is 0 Å². The first-order valence-electron chi connectivity index (χ1n) is 6.81. The lowest BCUT2D eigenvalue weighted by Crippen LogP contribution is -2.41. The molecule has 106 valence electrons. The van der Waals surface area contributed by atoms with Crippen molar-refractivity contribution in [2.75, 3.05) is 39.4 Å². The predicted octanol–water partition coefficient (Wildman–Crippen LogP) is 0.0445. The lowest BCUT2D eigenvalue weighted by Gasteiger charge is -2.26. The van der Waals surface area contributed by atoms with Gasteiger partial charge in [-0.25, -0.2) is 4.98 Å². The van der Waals surface area contributed by atoms with Crippen molar-refractivity contribution in [1.29, 1.82) is 0 Å². The SMILES string of the molecule is CCc1ncc(C(=O)NCCN2CCOCC2)n1C. The molecule has 0 aliphatic carbocycles. The molecule has 2 heterocycles. The third-order valence-electron chi connectivity index (χ3n) is 3.45. The lowest BCUT2D eigenvalue weighted by molar-refractivity contribution is 0.0383. The van der Waals surface area contributed by atoms with E-state index in [0.29, 0.717) is 12.2 Å². The second-order valence-corrected chi connectivity index (χ2v) is 4.68. The summed E-state index contributed by atoms with van der Waals surface area (Å²) in [6.45, 7) is 7.02. The second kappa shape index (κ2) is 6.68. The normalized spacial score (nSPS) is 16.5. The first-order chi connectivity index (χ1) is 9.22. The molecular weight excluding hydrogens is 244 g/mol. The van der Waals surface area contributed by atoms with E-state index in [9.17, 15) is 4.79 Å². The quantitative estimate of drug-likeness (QED) is 0.818. The molecule has 0 spiro atoms. The van der Waals surface area contributed by atoms with Gasteiger partial charge in [-0.1, -0.05) is 6.92 Å². The molecule has 1 fully saturated rings. The highest BCUT2D eigenvalue weighted by Gasteiger charge is 2.14. The van der Waals surface area contributed by atoms with Gasteiger partial charge < -0.3 is 14.6 Å². The zero-order valence-electron chi connectivity index (χ0n) is 11.7. The summed E-state index contributed by atoms with van der Waals surface area (Å²) in [6, 6.07) is 0. The third kappa shape index (κ3) is 3.54. The summed E-state index contributed by atoms with van der Waals surface area (Å²) in [5, 5.41) is 2.94. The number of imidazole rings is 1. The van der Waals surface area contributed by atoms with E-state index in [2.05, 4.69) is 15.2 Å². The molecular formula is C13H22N4O2. The average Bonchev–Trinajstić information content (AvgIpc) is 2.81. The van der Waals surface area contributed by atoms with Crippen molar-refractivity contribution in [3.63, 3.8) is 0 Å². The maximum atomic E-state index is 12.0. The van der Waals surface area contributed by atoms with E-state index >= 15 is 0 Å². The first-order valence-corrected chi connectivity index (χ1v) is 6.81. The average molecular weight is 266 g/mol. The molecule has 0 aromatic carbocycles. The van der Waals surface area contributed by atoms with Gasteiger partial charge in [-0.05, 0) is 0 Å². The molecule has 0 unspecified atom stereocenters. The first kappa shape index (κ1) is 14.0. The fourth-order valence-corrected chi connectivity index (χ4v) is 2.23. The Kier molecular flexibility index (Phi) is 4.93. The Morgan fingerprint density at radius 3 is 2.84 bits per heavy atom. The van der Waals surface area contributed by atoms with Gasteiger partial charge in [0.25, 0.3) is 5.91 Å². The highest BCUT2D eigenvalue weighted by Crippen LogP contribution is 2.03. The number of hydrogen-bond acceptors (Lipinski definition) is 4. The van der Waals surface area contributed by atoms with Gasteiger partial charge in [-0.15, -0.1) is 0 Å². The topological polar surface area (TPSA) is 59.4 Å². The monoisotopic (exact) mass is 266 g/mol. The van der Waals surface area contributed by atoms with Crippen molar-refractivity contribution in [3.05, 3.63) is 17.7 Å². The van der Waals surface area contributed by atoms with Crippen LogP contribution in [-0.2, 0) is 18.2 Å². The molecule has 1 aromatic heterocycles.